The van der Waals surface area contributed by atoms with Crippen LogP contribution in [0.1, 0.15) is 29.2 Å². The largest absolute Gasteiger partial charge is 0.497 e. The summed E-state index contributed by atoms with van der Waals surface area (Å²) in [6.45, 7) is 4.02. The van der Waals surface area contributed by atoms with Gasteiger partial charge in [-0.15, -0.1) is 0 Å². The molecule has 7 heteroatoms. The lowest BCUT2D eigenvalue weighted by Gasteiger charge is -2.31. The van der Waals surface area contributed by atoms with E-state index in [2.05, 4.69) is 10.7 Å². The van der Waals surface area contributed by atoms with Crippen LogP contribution in [-0.4, -0.2) is 41.4 Å². The zero-order valence-electron chi connectivity index (χ0n) is 17.4. The zero-order chi connectivity index (χ0) is 21.3. The van der Waals surface area contributed by atoms with Gasteiger partial charge < -0.3 is 20.0 Å². The summed E-state index contributed by atoms with van der Waals surface area (Å²) in [4.78, 5) is 26.9. The number of nitrogens with one attached hydrogen (secondary N) is 2. The SMILES string of the molecule is COc1ccc(C2CC3C(=O)N(CC(=O)Nc4ccc(C)c(C)c4)C=CN3N2)cc1. The molecule has 2 aliphatic heterocycles. The highest BCUT2D eigenvalue weighted by Gasteiger charge is 2.40. The fourth-order valence-corrected chi connectivity index (χ4v) is 3.80. The molecule has 2 N–H and O–H groups in total. The van der Waals surface area contributed by atoms with Gasteiger partial charge in [-0.05, 0) is 61.2 Å². The van der Waals surface area contributed by atoms with Crippen LogP contribution in [0.3, 0.4) is 0 Å². The second kappa shape index (κ2) is 8.20. The number of methoxy groups -OCH3 is 1. The Hall–Kier alpha value is -3.32. The number of anilines is 1. The molecule has 4 rings (SSSR count). The highest BCUT2D eigenvalue weighted by molar-refractivity contribution is 5.96. The summed E-state index contributed by atoms with van der Waals surface area (Å²) in [6.07, 6.45) is 4.10. The molecule has 0 saturated carbocycles. The number of hydrogen-bond donors (Lipinski definition) is 2. The molecule has 7 nitrogen and oxygen atoms in total. The van der Waals surface area contributed by atoms with Crippen LogP contribution >= 0.6 is 0 Å². The van der Waals surface area contributed by atoms with Gasteiger partial charge in [-0.3, -0.25) is 9.59 Å². The summed E-state index contributed by atoms with van der Waals surface area (Å²) < 4.78 is 5.21. The highest BCUT2D eigenvalue weighted by atomic mass is 16.5. The molecule has 2 aliphatic rings. The number of hydrazine groups is 1. The van der Waals surface area contributed by atoms with Gasteiger partial charge in [0.2, 0.25) is 5.91 Å². The van der Waals surface area contributed by atoms with E-state index in [1.54, 1.807) is 13.3 Å². The zero-order valence-corrected chi connectivity index (χ0v) is 17.4. The third kappa shape index (κ3) is 4.02. The van der Waals surface area contributed by atoms with Crippen LogP contribution in [0.25, 0.3) is 0 Å². The smallest absolute Gasteiger partial charge is 0.251 e. The molecule has 0 spiro atoms. The Morgan fingerprint density at radius 2 is 1.90 bits per heavy atom. The van der Waals surface area contributed by atoms with Crippen LogP contribution in [-0.2, 0) is 9.59 Å². The van der Waals surface area contributed by atoms with Gasteiger partial charge in [0, 0.05) is 18.1 Å². The molecule has 1 fully saturated rings. The second-order valence-corrected chi connectivity index (χ2v) is 7.73. The van der Waals surface area contributed by atoms with Crippen molar-refractivity contribution in [1.82, 2.24) is 15.3 Å². The lowest BCUT2D eigenvalue weighted by molar-refractivity contribution is -0.137. The third-order valence-electron chi connectivity index (χ3n) is 5.70. The van der Waals surface area contributed by atoms with E-state index in [0.29, 0.717) is 6.42 Å². The lowest BCUT2D eigenvalue weighted by atomic mass is 10.0. The average molecular weight is 406 g/mol. The van der Waals surface area contributed by atoms with E-state index in [1.807, 2.05) is 67.5 Å². The van der Waals surface area contributed by atoms with Crippen molar-refractivity contribution in [3.8, 4) is 5.75 Å². The minimum atomic E-state index is -0.337. The maximum absolute atomic E-state index is 13.0. The van der Waals surface area contributed by atoms with E-state index in [-0.39, 0.29) is 30.4 Å². The molecule has 30 heavy (non-hydrogen) atoms. The summed E-state index contributed by atoms with van der Waals surface area (Å²) in [7, 11) is 1.64. The van der Waals surface area contributed by atoms with Gasteiger partial charge in [-0.1, -0.05) is 18.2 Å². The van der Waals surface area contributed by atoms with Gasteiger partial charge >= 0.3 is 0 Å². The molecule has 156 valence electrons. The first-order valence-electron chi connectivity index (χ1n) is 9.99. The Morgan fingerprint density at radius 3 is 2.60 bits per heavy atom. The standard InChI is InChI=1S/C23H26N4O3/c1-15-4-7-18(12-16(15)2)24-22(28)14-26-10-11-27-21(23(26)29)13-20(25-27)17-5-8-19(30-3)9-6-17/h4-12,20-21,25H,13-14H2,1-3H3,(H,24,28). The van der Waals surface area contributed by atoms with E-state index in [9.17, 15) is 9.59 Å². The molecule has 2 aromatic carbocycles. The van der Waals surface area contributed by atoms with Crippen molar-refractivity contribution >= 4 is 17.5 Å². The molecule has 0 radical (unpaired) electrons. The fraction of sp³-hybridized carbons (Fsp3) is 0.304. The first kappa shape index (κ1) is 20.0. The lowest BCUT2D eigenvalue weighted by Crippen LogP contribution is -2.49. The summed E-state index contributed by atoms with van der Waals surface area (Å²) in [6, 6.07) is 13.3. The van der Waals surface area contributed by atoms with E-state index in [0.717, 1.165) is 22.6 Å². The summed E-state index contributed by atoms with van der Waals surface area (Å²) in [5.74, 6) is 0.491. The van der Waals surface area contributed by atoms with Crippen LogP contribution in [0, 0.1) is 13.8 Å². The van der Waals surface area contributed by atoms with Gasteiger partial charge in [0.05, 0.1) is 13.2 Å². The molecule has 2 atom stereocenters. The Labute approximate surface area is 176 Å². The monoisotopic (exact) mass is 406 g/mol. The minimum absolute atomic E-state index is 0.0141. The number of nitrogens with zero attached hydrogens (tertiary/aromatic N) is 2. The normalized spacial score (nSPS) is 20.3. The van der Waals surface area contributed by atoms with Gasteiger partial charge in [0.15, 0.2) is 0 Å². The number of benzene rings is 2. The fourth-order valence-electron chi connectivity index (χ4n) is 3.80. The van der Waals surface area contributed by atoms with Gasteiger partial charge in [0.1, 0.15) is 18.3 Å². The molecule has 1 saturated heterocycles. The topological polar surface area (TPSA) is 73.9 Å². The van der Waals surface area contributed by atoms with Crippen LogP contribution in [0.15, 0.2) is 54.9 Å². The number of amides is 2. The van der Waals surface area contributed by atoms with Crippen LogP contribution < -0.4 is 15.5 Å². The number of carbonyl (C=O) groups excluding carboxylic acids is 2. The number of hydrogen-bond acceptors (Lipinski definition) is 5. The van der Waals surface area contributed by atoms with Crippen molar-refractivity contribution in [1.29, 1.82) is 0 Å². The second-order valence-electron chi connectivity index (χ2n) is 7.73. The van der Waals surface area contributed by atoms with Crippen molar-refractivity contribution in [2.75, 3.05) is 19.0 Å². The van der Waals surface area contributed by atoms with Crippen molar-refractivity contribution in [3.05, 3.63) is 71.6 Å². The predicted octanol–water partition coefficient (Wildman–Crippen LogP) is 2.88. The Kier molecular flexibility index (Phi) is 5.46. The number of fused-ring (bicyclic) bond motifs is 1. The molecular weight excluding hydrogens is 380 g/mol. The highest BCUT2D eigenvalue weighted by Crippen LogP contribution is 2.31. The summed E-state index contributed by atoms with van der Waals surface area (Å²) in [5.41, 5.74) is 7.46. The van der Waals surface area contributed by atoms with Crippen LogP contribution in [0.2, 0.25) is 0 Å². The van der Waals surface area contributed by atoms with Gasteiger partial charge in [0.25, 0.3) is 5.91 Å². The predicted molar refractivity (Wildman–Crippen MR) is 115 cm³/mol. The van der Waals surface area contributed by atoms with Crippen molar-refractivity contribution in [2.24, 2.45) is 0 Å². The quantitative estimate of drug-likeness (QED) is 0.799. The van der Waals surface area contributed by atoms with E-state index in [1.165, 1.54) is 10.5 Å². The van der Waals surface area contributed by atoms with E-state index < -0.39 is 0 Å². The third-order valence-corrected chi connectivity index (χ3v) is 5.70. The maximum Gasteiger partial charge on any atom is 0.251 e. The van der Waals surface area contributed by atoms with E-state index in [4.69, 9.17) is 4.74 Å². The number of aryl methyl sites for hydroxylation is 2. The summed E-state index contributed by atoms with van der Waals surface area (Å²) >= 11 is 0. The average Bonchev–Trinajstić information content (AvgIpc) is 3.18. The molecule has 0 bridgehead atoms. The molecule has 0 aromatic heterocycles. The minimum Gasteiger partial charge on any atom is -0.497 e. The van der Waals surface area contributed by atoms with Crippen LogP contribution in [0.5, 0.6) is 5.75 Å². The van der Waals surface area contributed by atoms with Crippen molar-refractivity contribution in [3.63, 3.8) is 0 Å². The van der Waals surface area contributed by atoms with Crippen LogP contribution in [0.4, 0.5) is 5.69 Å². The molecule has 2 unspecified atom stereocenters. The van der Waals surface area contributed by atoms with Gasteiger partial charge in [-0.2, -0.15) is 0 Å². The molecular formula is C23H26N4O3. The summed E-state index contributed by atoms with van der Waals surface area (Å²) in [5, 5.41) is 4.70. The van der Waals surface area contributed by atoms with Crippen molar-refractivity contribution in [2.45, 2.75) is 32.4 Å². The molecule has 2 amide bonds. The number of carbonyl (C=O) groups is 2. The molecule has 2 aromatic rings. The molecule has 2 heterocycles. The number of ether oxygens (including phenoxy) is 1. The van der Waals surface area contributed by atoms with E-state index >= 15 is 0 Å². The Bertz CT molecular complexity index is 986. The first-order chi connectivity index (χ1) is 14.4. The maximum atomic E-state index is 13.0. The first-order valence-corrected chi connectivity index (χ1v) is 9.99. The Morgan fingerprint density at radius 1 is 1.13 bits per heavy atom. The van der Waals surface area contributed by atoms with Crippen molar-refractivity contribution < 1.29 is 14.3 Å². The Balaban J connectivity index is 1.38. The molecule has 0 aliphatic carbocycles. The van der Waals surface area contributed by atoms with Gasteiger partial charge in [-0.25, -0.2) is 5.43 Å². The number of rotatable bonds is 5.